The summed E-state index contributed by atoms with van der Waals surface area (Å²) in [5.41, 5.74) is 3.32. The lowest BCUT2D eigenvalue weighted by Gasteiger charge is -2.26. The summed E-state index contributed by atoms with van der Waals surface area (Å²) in [6, 6.07) is 12.6. The van der Waals surface area contributed by atoms with Crippen molar-refractivity contribution in [2.75, 3.05) is 16.2 Å². The van der Waals surface area contributed by atoms with E-state index in [-0.39, 0.29) is 17.0 Å². The average molecular weight is 428 g/mol. The highest BCUT2D eigenvalue weighted by atomic mass is 32.2. The molecule has 0 saturated heterocycles. The number of nitrogens with zero attached hydrogens (tertiary/aromatic N) is 1. The van der Waals surface area contributed by atoms with Crippen LogP contribution in [0.25, 0.3) is 0 Å². The fourth-order valence-electron chi connectivity index (χ4n) is 4.32. The SMILES string of the molecule is CCc1cccc(NS(=O)(=O)c2ccc3c(c2)CCN3C(=O)NC2CCCCC2)c1. The second-order valence-corrected chi connectivity index (χ2v) is 9.82. The Hall–Kier alpha value is -2.54. The number of carbonyl (C=O) groups excluding carboxylic acids is 1. The van der Waals surface area contributed by atoms with Crippen LogP contribution in [-0.4, -0.2) is 27.0 Å². The van der Waals surface area contributed by atoms with Crippen LogP contribution in [0.5, 0.6) is 0 Å². The van der Waals surface area contributed by atoms with Gasteiger partial charge in [0.2, 0.25) is 0 Å². The van der Waals surface area contributed by atoms with Crippen molar-refractivity contribution >= 4 is 27.4 Å². The predicted octanol–water partition coefficient (Wildman–Crippen LogP) is 4.45. The van der Waals surface area contributed by atoms with Crippen molar-refractivity contribution in [1.82, 2.24) is 5.32 Å². The number of aryl methyl sites for hydroxylation is 1. The molecule has 1 aliphatic carbocycles. The number of benzene rings is 2. The van der Waals surface area contributed by atoms with E-state index in [1.54, 1.807) is 29.2 Å². The standard InChI is InChI=1S/C23H29N3O3S/c1-2-17-7-6-10-20(15-17)25-30(28,29)21-11-12-22-18(16-21)13-14-26(22)23(27)24-19-8-4-3-5-9-19/h6-7,10-12,15-16,19,25H,2-5,8-9,13-14H2,1H3,(H,24,27). The number of fused-ring (bicyclic) bond motifs is 1. The second kappa shape index (κ2) is 8.68. The van der Waals surface area contributed by atoms with Crippen molar-refractivity contribution in [3.63, 3.8) is 0 Å². The summed E-state index contributed by atoms with van der Waals surface area (Å²) < 4.78 is 28.4. The van der Waals surface area contributed by atoms with Crippen LogP contribution in [0.2, 0.25) is 0 Å². The maximum atomic E-state index is 12.9. The zero-order valence-corrected chi connectivity index (χ0v) is 18.2. The Morgan fingerprint density at radius 3 is 2.67 bits per heavy atom. The Morgan fingerprint density at radius 1 is 1.10 bits per heavy atom. The van der Waals surface area contributed by atoms with Gasteiger partial charge in [0.15, 0.2) is 0 Å². The van der Waals surface area contributed by atoms with E-state index >= 15 is 0 Å². The molecule has 6 nitrogen and oxygen atoms in total. The number of sulfonamides is 1. The fraction of sp³-hybridized carbons (Fsp3) is 0.435. The van der Waals surface area contributed by atoms with E-state index < -0.39 is 10.0 Å². The molecule has 160 valence electrons. The van der Waals surface area contributed by atoms with Crippen molar-refractivity contribution in [2.45, 2.75) is 62.8 Å². The maximum absolute atomic E-state index is 12.9. The third kappa shape index (κ3) is 4.46. The van der Waals surface area contributed by atoms with Gasteiger partial charge in [-0.05, 0) is 67.1 Å². The quantitative estimate of drug-likeness (QED) is 0.740. The number of amides is 2. The van der Waals surface area contributed by atoms with E-state index in [0.29, 0.717) is 18.7 Å². The molecule has 0 unspecified atom stereocenters. The number of carbonyl (C=O) groups is 1. The molecule has 1 aliphatic heterocycles. The minimum atomic E-state index is -3.69. The average Bonchev–Trinajstić information content (AvgIpc) is 3.18. The number of hydrogen-bond donors (Lipinski definition) is 2. The van der Waals surface area contributed by atoms with E-state index in [4.69, 9.17) is 0 Å². The van der Waals surface area contributed by atoms with Crippen molar-refractivity contribution in [2.24, 2.45) is 0 Å². The summed E-state index contributed by atoms with van der Waals surface area (Å²) in [5, 5.41) is 3.15. The van der Waals surface area contributed by atoms with Gasteiger partial charge in [0.1, 0.15) is 0 Å². The molecule has 0 radical (unpaired) electrons. The molecule has 4 rings (SSSR count). The second-order valence-electron chi connectivity index (χ2n) is 8.14. The third-order valence-corrected chi connectivity index (χ3v) is 7.40. The number of nitrogens with one attached hydrogen (secondary N) is 2. The first-order valence-electron chi connectivity index (χ1n) is 10.8. The summed E-state index contributed by atoms with van der Waals surface area (Å²) in [5.74, 6) is 0. The molecule has 0 aromatic heterocycles. The largest absolute Gasteiger partial charge is 0.335 e. The monoisotopic (exact) mass is 427 g/mol. The van der Waals surface area contributed by atoms with Crippen LogP contribution < -0.4 is 14.9 Å². The summed E-state index contributed by atoms with van der Waals surface area (Å²) >= 11 is 0. The molecule has 1 fully saturated rings. The number of anilines is 2. The van der Waals surface area contributed by atoms with E-state index in [0.717, 1.165) is 48.9 Å². The van der Waals surface area contributed by atoms with Gasteiger partial charge in [-0.1, -0.05) is 38.3 Å². The normalized spacial score (nSPS) is 16.9. The molecule has 30 heavy (non-hydrogen) atoms. The van der Waals surface area contributed by atoms with Crippen molar-refractivity contribution in [1.29, 1.82) is 0 Å². The highest BCUT2D eigenvalue weighted by Crippen LogP contribution is 2.31. The van der Waals surface area contributed by atoms with Gasteiger partial charge in [-0.3, -0.25) is 9.62 Å². The van der Waals surface area contributed by atoms with Crippen LogP contribution in [0, 0.1) is 0 Å². The van der Waals surface area contributed by atoms with E-state index in [9.17, 15) is 13.2 Å². The molecule has 7 heteroatoms. The molecule has 1 heterocycles. The Bertz CT molecular complexity index is 1030. The van der Waals surface area contributed by atoms with Crippen molar-refractivity contribution < 1.29 is 13.2 Å². The summed E-state index contributed by atoms with van der Waals surface area (Å²) in [6.07, 6.45) is 7.14. The van der Waals surface area contributed by atoms with Gasteiger partial charge in [0.25, 0.3) is 10.0 Å². The lowest BCUT2D eigenvalue weighted by Crippen LogP contribution is -2.45. The molecule has 0 spiro atoms. The van der Waals surface area contributed by atoms with Crippen LogP contribution >= 0.6 is 0 Å². The zero-order valence-electron chi connectivity index (χ0n) is 17.4. The first-order valence-corrected chi connectivity index (χ1v) is 12.3. The molecule has 1 saturated carbocycles. The van der Waals surface area contributed by atoms with Gasteiger partial charge < -0.3 is 5.32 Å². The summed E-state index contributed by atoms with van der Waals surface area (Å²) in [6.45, 7) is 2.60. The van der Waals surface area contributed by atoms with Gasteiger partial charge in [0, 0.05) is 24.0 Å². The molecule has 2 amide bonds. The first-order chi connectivity index (χ1) is 14.5. The minimum absolute atomic E-state index is 0.0780. The maximum Gasteiger partial charge on any atom is 0.322 e. The summed E-state index contributed by atoms with van der Waals surface area (Å²) in [4.78, 5) is 14.7. The lowest BCUT2D eigenvalue weighted by molar-refractivity contribution is 0.238. The van der Waals surface area contributed by atoms with Gasteiger partial charge in [-0.15, -0.1) is 0 Å². The molecule has 0 bridgehead atoms. The van der Waals surface area contributed by atoms with E-state index in [1.807, 2.05) is 25.1 Å². The van der Waals surface area contributed by atoms with Crippen LogP contribution in [0.15, 0.2) is 47.4 Å². The highest BCUT2D eigenvalue weighted by Gasteiger charge is 2.28. The number of hydrogen-bond acceptors (Lipinski definition) is 3. The Morgan fingerprint density at radius 2 is 1.90 bits per heavy atom. The van der Waals surface area contributed by atoms with Gasteiger partial charge in [-0.2, -0.15) is 0 Å². The van der Waals surface area contributed by atoms with Gasteiger partial charge in [0.05, 0.1) is 4.90 Å². The third-order valence-electron chi connectivity index (χ3n) is 6.02. The van der Waals surface area contributed by atoms with Gasteiger partial charge >= 0.3 is 6.03 Å². The van der Waals surface area contributed by atoms with Crippen molar-refractivity contribution in [3.05, 3.63) is 53.6 Å². The topological polar surface area (TPSA) is 78.5 Å². The predicted molar refractivity (Wildman–Crippen MR) is 120 cm³/mol. The van der Waals surface area contributed by atoms with Crippen LogP contribution in [0.3, 0.4) is 0 Å². The molecule has 2 aliphatic rings. The molecule has 2 aromatic carbocycles. The Kier molecular flexibility index (Phi) is 5.99. The fourth-order valence-corrected chi connectivity index (χ4v) is 5.42. The van der Waals surface area contributed by atoms with Crippen LogP contribution in [0.4, 0.5) is 16.2 Å². The molecule has 2 aromatic rings. The molecule has 2 N–H and O–H groups in total. The molecular formula is C23H29N3O3S. The zero-order chi connectivity index (χ0) is 21.1. The van der Waals surface area contributed by atoms with Crippen LogP contribution in [-0.2, 0) is 22.9 Å². The number of urea groups is 1. The molecule has 0 atom stereocenters. The lowest BCUT2D eigenvalue weighted by atomic mass is 9.96. The Balaban J connectivity index is 1.49. The van der Waals surface area contributed by atoms with Crippen molar-refractivity contribution in [3.8, 4) is 0 Å². The van der Waals surface area contributed by atoms with E-state index in [2.05, 4.69) is 10.0 Å². The van der Waals surface area contributed by atoms with Gasteiger partial charge in [-0.25, -0.2) is 13.2 Å². The molecular weight excluding hydrogens is 398 g/mol. The smallest absolute Gasteiger partial charge is 0.322 e. The minimum Gasteiger partial charge on any atom is -0.335 e. The van der Waals surface area contributed by atoms with Crippen LogP contribution in [0.1, 0.15) is 50.2 Å². The highest BCUT2D eigenvalue weighted by molar-refractivity contribution is 7.92. The Labute approximate surface area is 178 Å². The first kappa shape index (κ1) is 20.7. The van der Waals surface area contributed by atoms with E-state index in [1.165, 1.54) is 6.42 Å². The summed E-state index contributed by atoms with van der Waals surface area (Å²) in [7, 11) is -3.69. The number of rotatable bonds is 5.